The summed E-state index contributed by atoms with van der Waals surface area (Å²) < 4.78 is 0. The Hall–Kier alpha value is -1.14. The fraction of sp³-hybridized carbons (Fsp3) is 0.846. The van der Waals surface area contributed by atoms with E-state index in [-0.39, 0.29) is 29.9 Å². The van der Waals surface area contributed by atoms with Crippen molar-refractivity contribution in [3.63, 3.8) is 0 Å². The van der Waals surface area contributed by atoms with Gasteiger partial charge in [0.1, 0.15) is 6.04 Å². The molecule has 0 aromatic heterocycles. The molecule has 0 aromatic carbocycles. The molecule has 2 saturated heterocycles. The third-order valence-corrected chi connectivity index (χ3v) is 3.85. The van der Waals surface area contributed by atoms with Crippen LogP contribution in [0, 0.1) is 0 Å². The summed E-state index contributed by atoms with van der Waals surface area (Å²) in [4.78, 5) is 27.7. The lowest BCUT2D eigenvalue weighted by atomic mass is 10.0. The maximum atomic E-state index is 12.3. The van der Waals surface area contributed by atoms with Crippen molar-refractivity contribution in [1.82, 2.24) is 20.4 Å². The molecule has 2 N–H and O–H groups in total. The van der Waals surface area contributed by atoms with Crippen LogP contribution in [0.25, 0.3) is 0 Å². The summed E-state index contributed by atoms with van der Waals surface area (Å²) in [5.74, 6) is 0.0650. The first-order chi connectivity index (χ1) is 8.88. The fourth-order valence-corrected chi connectivity index (χ4v) is 2.56. The third-order valence-electron chi connectivity index (χ3n) is 3.85. The molecular weight excluding hydrogens is 244 g/mol. The summed E-state index contributed by atoms with van der Waals surface area (Å²) in [6.07, 6.45) is 0. The second kappa shape index (κ2) is 5.46. The number of carbonyl (C=O) groups is 2. The Morgan fingerprint density at radius 2 is 1.84 bits per heavy atom. The predicted molar refractivity (Wildman–Crippen MR) is 72.7 cm³/mol. The molecule has 108 valence electrons. The molecule has 2 fully saturated rings. The Balaban J connectivity index is 1.84. The zero-order valence-electron chi connectivity index (χ0n) is 12.0. The van der Waals surface area contributed by atoms with Gasteiger partial charge < -0.3 is 10.2 Å². The largest absolute Gasteiger partial charge is 0.353 e. The average Bonchev–Trinajstić information content (AvgIpc) is 2.38. The van der Waals surface area contributed by atoms with Crippen molar-refractivity contribution >= 4 is 11.8 Å². The first-order valence-corrected chi connectivity index (χ1v) is 6.92. The van der Waals surface area contributed by atoms with Gasteiger partial charge in [-0.3, -0.25) is 19.8 Å². The Kier molecular flexibility index (Phi) is 4.10. The van der Waals surface area contributed by atoms with Crippen LogP contribution in [0.1, 0.15) is 20.8 Å². The predicted octanol–water partition coefficient (Wildman–Crippen LogP) is -0.983. The van der Waals surface area contributed by atoms with E-state index in [9.17, 15) is 9.59 Å². The third kappa shape index (κ3) is 3.45. The van der Waals surface area contributed by atoms with E-state index in [1.54, 1.807) is 0 Å². The molecule has 6 nitrogen and oxygen atoms in total. The standard InChI is InChI=1S/C13H24N4O2/c1-13(2,3)17-6-4-16(5-7-17)12(19)10-8-15-11(18)9-14-10/h10,14H,4-9H2,1-3H3,(H,15,18). The van der Waals surface area contributed by atoms with E-state index in [1.165, 1.54) is 0 Å². The number of hydrogen-bond acceptors (Lipinski definition) is 4. The van der Waals surface area contributed by atoms with Crippen molar-refractivity contribution in [2.24, 2.45) is 0 Å². The monoisotopic (exact) mass is 268 g/mol. The van der Waals surface area contributed by atoms with Gasteiger partial charge in [0.2, 0.25) is 11.8 Å². The molecule has 1 unspecified atom stereocenters. The lowest BCUT2D eigenvalue weighted by molar-refractivity contribution is -0.137. The summed E-state index contributed by atoms with van der Waals surface area (Å²) in [7, 11) is 0. The molecule has 19 heavy (non-hydrogen) atoms. The minimum Gasteiger partial charge on any atom is -0.353 e. The van der Waals surface area contributed by atoms with Crippen molar-refractivity contribution in [3.8, 4) is 0 Å². The van der Waals surface area contributed by atoms with Crippen LogP contribution in [0.2, 0.25) is 0 Å². The van der Waals surface area contributed by atoms with Gasteiger partial charge in [0.05, 0.1) is 6.54 Å². The number of piperazine rings is 2. The Bertz CT molecular complexity index is 346. The average molecular weight is 268 g/mol. The van der Waals surface area contributed by atoms with Gasteiger partial charge in [-0.1, -0.05) is 0 Å². The van der Waals surface area contributed by atoms with Crippen LogP contribution in [0.5, 0.6) is 0 Å². The summed E-state index contributed by atoms with van der Waals surface area (Å²) >= 11 is 0. The minimum absolute atomic E-state index is 0.0402. The summed E-state index contributed by atoms with van der Waals surface area (Å²) in [5.41, 5.74) is 0.159. The van der Waals surface area contributed by atoms with Crippen LogP contribution in [0.15, 0.2) is 0 Å². The van der Waals surface area contributed by atoms with Crippen LogP contribution in [-0.2, 0) is 9.59 Å². The quantitative estimate of drug-likeness (QED) is 0.641. The molecule has 1 atom stereocenters. The van der Waals surface area contributed by atoms with Gasteiger partial charge in [-0.25, -0.2) is 0 Å². The number of carbonyl (C=O) groups excluding carboxylic acids is 2. The van der Waals surface area contributed by atoms with Crippen molar-refractivity contribution in [2.45, 2.75) is 32.4 Å². The number of hydrogen-bond donors (Lipinski definition) is 2. The van der Waals surface area contributed by atoms with E-state index in [2.05, 4.69) is 36.3 Å². The van der Waals surface area contributed by atoms with Crippen LogP contribution >= 0.6 is 0 Å². The van der Waals surface area contributed by atoms with Gasteiger partial charge in [-0.2, -0.15) is 0 Å². The molecular formula is C13H24N4O2. The Morgan fingerprint density at radius 3 is 2.32 bits per heavy atom. The maximum Gasteiger partial charge on any atom is 0.241 e. The number of rotatable bonds is 1. The van der Waals surface area contributed by atoms with Crippen LogP contribution in [0.4, 0.5) is 0 Å². The first-order valence-electron chi connectivity index (χ1n) is 6.92. The molecule has 2 rings (SSSR count). The van der Waals surface area contributed by atoms with Gasteiger partial charge in [-0.15, -0.1) is 0 Å². The topological polar surface area (TPSA) is 64.7 Å². The molecule has 2 aliphatic heterocycles. The second-order valence-electron chi connectivity index (χ2n) is 6.22. The zero-order valence-corrected chi connectivity index (χ0v) is 12.0. The van der Waals surface area contributed by atoms with Gasteiger partial charge in [0, 0.05) is 38.3 Å². The molecule has 2 amide bonds. The fourth-order valence-electron chi connectivity index (χ4n) is 2.56. The highest BCUT2D eigenvalue weighted by Crippen LogP contribution is 2.16. The molecule has 2 aliphatic rings. The molecule has 0 aliphatic carbocycles. The van der Waals surface area contributed by atoms with Crippen molar-refractivity contribution < 1.29 is 9.59 Å². The van der Waals surface area contributed by atoms with E-state index in [1.807, 2.05) is 4.90 Å². The van der Waals surface area contributed by atoms with Gasteiger partial charge >= 0.3 is 0 Å². The maximum absolute atomic E-state index is 12.3. The van der Waals surface area contributed by atoms with E-state index in [0.29, 0.717) is 6.54 Å². The lowest BCUT2D eigenvalue weighted by Crippen LogP contribution is -2.62. The SMILES string of the molecule is CC(C)(C)N1CCN(C(=O)C2CNC(=O)CN2)CC1. The minimum atomic E-state index is -0.265. The van der Waals surface area contributed by atoms with Crippen LogP contribution < -0.4 is 10.6 Å². The lowest BCUT2D eigenvalue weighted by Gasteiger charge is -2.43. The Labute approximate surface area is 114 Å². The molecule has 0 radical (unpaired) electrons. The van der Waals surface area contributed by atoms with Crippen LogP contribution in [0.3, 0.4) is 0 Å². The zero-order chi connectivity index (χ0) is 14.0. The highest BCUT2D eigenvalue weighted by molar-refractivity contribution is 5.86. The normalized spacial score (nSPS) is 26.2. The molecule has 0 aromatic rings. The van der Waals surface area contributed by atoms with E-state index in [0.717, 1.165) is 26.2 Å². The van der Waals surface area contributed by atoms with Gasteiger partial charge in [-0.05, 0) is 20.8 Å². The second-order valence-corrected chi connectivity index (χ2v) is 6.22. The van der Waals surface area contributed by atoms with E-state index >= 15 is 0 Å². The number of nitrogens with zero attached hydrogens (tertiary/aromatic N) is 2. The van der Waals surface area contributed by atoms with Gasteiger partial charge in [0.15, 0.2) is 0 Å². The molecule has 0 saturated carbocycles. The highest BCUT2D eigenvalue weighted by atomic mass is 16.2. The van der Waals surface area contributed by atoms with Crippen molar-refractivity contribution in [1.29, 1.82) is 0 Å². The summed E-state index contributed by atoms with van der Waals surface area (Å²) in [6, 6.07) is -0.265. The molecule has 0 bridgehead atoms. The molecule has 2 heterocycles. The van der Waals surface area contributed by atoms with Crippen LogP contribution in [-0.4, -0.2) is 72.5 Å². The Morgan fingerprint density at radius 1 is 1.21 bits per heavy atom. The summed E-state index contributed by atoms with van der Waals surface area (Å²) in [5, 5.41) is 5.72. The smallest absolute Gasteiger partial charge is 0.241 e. The van der Waals surface area contributed by atoms with Gasteiger partial charge in [0.25, 0.3) is 0 Å². The molecule has 6 heteroatoms. The van der Waals surface area contributed by atoms with E-state index in [4.69, 9.17) is 0 Å². The van der Waals surface area contributed by atoms with E-state index < -0.39 is 0 Å². The molecule has 0 spiro atoms. The van der Waals surface area contributed by atoms with Crippen molar-refractivity contribution in [2.75, 3.05) is 39.3 Å². The number of amides is 2. The highest BCUT2D eigenvalue weighted by Gasteiger charge is 2.32. The number of nitrogens with one attached hydrogen (secondary N) is 2. The first kappa shape index (κ1) is 14.3. The summed E-state index contributed by atoms with van der Waals surface area (Å²) in [6.45, 7) is 10.6. The van der Waals surface area contributed by atoms with Crippen molar-refractivity contribution in [3.05, 3.63) is 0 Å².